The summed E-state index contributed by atoms with van der Waals surface area (Å²) in [7, 11) is -2.99. The molecule has 1 aromatic rings. The Kier molecular flexibility index (Phi) is 3.77. The van der Waals surface area contributed by atoms with E-state index < -0.39 is 8.68 Å². The van der Waals surface area contributed by atoms with Gasteiger partial charge in [0.05, 0.1) is 4.90 Å². The third-order valence-electron chi connectivity index (χ3n) is 3.08. The van der Waals surface area contributed by atoms with Gasteiger partial charge in [0.2, 0.25) is 0 Å². The minimum atomic E-state index is -2.99. The lowest BCUT2D eigenvalue weighted by Gasteiger charge is -2.23. The smallest absolute Gasteiger partial charge is 0.127 e. The van der Waals surface area contributed by atoms with Crippen molar-refractivity contribution < 1.29 is 8.60 Å². The van der Waals surface area contributed by atoms with Crippen LogP contribution in [0.2, 0.25) is 0 Å². The molecule has 1 atom stereocenters. The maximum atomic E-state index is 13.9. The van der Waals surface area contributed by atoms with Gasteiger partial charge >= 0.3 is 0 Å². The molecular weight excluding hydrogens is 259 g/mol. The van der Waals surface area contributed by atoms with E-state index in [0.29, 0.717) is 5.56 Å². The van der Waals surface area contributed by atoms with Gasteiger partial charge in [0.15, 0.2) is 0 Å². The molecule has 0 saturated carbocycles. The third-order valence-corrected chi connectivity index (χ3v) is 4.57. The molecule has 3 N–H and O–H groups in total. The maximum absolute atomic E-state index is 13.9. The van der Waals surface area contributed by atoms with Gasteiger partial charge in [-0.2, -0.15) is 0 Å². The number of halogens is 1. The number of benzene rings is 1. The van der Waals surface area contributed by atoms with E-state index in [9.17, 15) is 8.60 Å². The van der Waals surface area contributed by atoms with Crippen molar-refractivity contribution in [2.24, 2.45) is 5.14 Å². The van der Waals surface area contributed by atoms with Crippen LogP contribution in [0.3, 0.4) is 0 Å². The predicted octanol–water partition coefficient (Wildman–Crippen LogP) is 1.27. The van der Waals surface area contributed by atoms with E-state index in [1.165, 1.54) is 6.07 Å². The van der Waals surface area contributed by atoms with Crippen molar-refractivity contribution in [3.8, 4) is 0 Å². The summed E-state index contributed by atoms with van der Waals surface area (Å²) in [6.07, 6.45) is 1.84. The highest BCUT2D eigenvalue weighted by Crippen LogP contribution is 2.28. The van der Waals surface area contributed by atoms with Crippen molar-refractivity contribution in [2.45, 2.75) is 23.7 Å². The van der Waals surface area contributed by atoms with Crippen LogP contribution in [0.4, 0.5) is 4.39 Å². The van der Waals surface area contributed by atoms with Gasteiger partial charge in [0.25, 0.3) is 0 Å². The fourth-order valence-corrected chi connectivity index (χ4v) is 2.99. The Bertz CT molecular complexity index is 510. The van der Waals surface area contributed by atoms with Crippen molar-refractivity contribution >= 4 is 19.9 Å². The van der Waals surface area contributed by atoms with Crippen molar-refractivity contribution in [2.75, 3.05) is 13.1 Å². The molecule has 0 bridgehead atoms. The van der Waals surface area contributed by atoms with E-state index in [2.05, 4.69) is 16.5 Å². The highest BCUT2D eigenvalue weighted by Gasteiger charge is 2.19. The number of nitrogens with one attached hydrogen (secondary N) is 1. The molecule has 1 aliphatic heterocycles. The van der Waals surface area contributed by atoms with Gasteiger partial charge in [-0.15, -0.1) is 0 Å². The standard InChI is InChI=1S/C11H15FN2OS2/c12-11-7-9(17(13,15)16)1-2-10(11)8-3-5-14-6-4-8/h1-2,7-8,14H,3-6H2,(H2,13,15,16). The lowest BCUT2D eigenvalue weighted by atomic mass is 9.90. The Balaban J connectivity index is 2.31. The average molecular weight is 274 g/mol. The zero-order valence-corrected chi connectivity index (χ0v) is 11.0. The number of nitrogens with two attached hydrogens (primary N) is 1. The Morgan fingerprint density at radius 2 is 2.06 bits per heavy atom. The minimum absolute atomic E-state index is 0.197. The third kappa shape index (κ3) is 3.01. The molecule has 1 saturated heterocycles. The van der Waals surface area contributed by atoms with Crippen LogP contribution in [0.5, 0.6) is 0 Å². The zero-order valence-electron chi connectivity index (χ0n) is 9.32. The summed E-state index contributed by atoms with van der Waals surface area (Å²) >= 11 is 4.64. The highest BCUT2D eigenvalue weighted by atomic mass is 32.8. The second-order valence-corrected chi connectivity index (χ2v) is 7.30. The van der Waals surface area contributed by atoms with Crippen molar-refractivity contribution in [3.63, 3.8) is 0 Å². The summed E-state index contributed by atoms with van der Waals surface area (Å²) in [6.45, 7) is 1.81. The van der Waals surface area contributed by atoms with Crippen LogP contribution in [0.1, 0.15) is 24.3 Å². The van der Waals surface area contributed by atoms with Gasteiger partial charge < -0.3 is 5.32 Å². The Morgan fingerprint density at radius 3 is 2.59 bits per heavy atom. The lowest BCUT2D eigenvalue weighted by molar-refractivity contribution is 0.444. The molecule has 3 nitrogen and oxygen atoms in total. The molecule has 1 fully saturated rings. The zero-order chi connectivity index (χ0) is 12.5. The molecule has 94 valence electrons. The molecule has 1 heterocycles. The van der Waals surface area contributed by atoms with Crippen molar-refractivity contribution in [3.05, 3.63) is 29.6 Å². The van der Waals surface area contributed by atoms with E-state index >= 15 is 0 Å². The van der Waals surface area contributed by atoms with E-state index in [-0.39, 0.29) is 16.6 Å². The molecule has 6 heteroatoms. The summed E-state index contributed by atoms with van der Waals surface area (Å²) < 4.78 is 25.4. The summed E-state index contributed by atoms with van der Waals surface area (Å²) in [6, 6.07) is 4.46. The van der Waals surface area contributed by atoms with Gasteiger partial charge in [-0.25, -0.2) is 13.7 Å². The van der Waals surface area contributed by atoms with Gasteiger partial charge in [0, 0.05) is 11.2 Å². The molecule has 17 heavy (non-hydrogen) atoms. The maximum Gasteiger partial charge on any atom is 0.127 e. The SMILES string of the molecule is NS(=O)(=S)c1ccc(C2CCNCC2)c(F)c1. The van der Waals surface area contributed by atoms with E-state index in [4.69, 9.17) is 5.14 Å². The quantitative estimate of drug-likeness (QED) is 0.854. The van der Waals surface area contributed by atoms with Gasteiger partial charge in [-0.05, 0) is 49.5 Å². The first-order chi connectivity index (χ1) is 7.98. The second kappa shape index (κ2) is 4.97. The van der Waals surface area contributed by atoms with Crippen LogP contribution in [-0.2, 0) is 19.9 Å². The molecule has 1 aromatic carbocycles. The summed E-state index contributed by atoms with van der Waals surface area (Å²) in [5, 5.41) is 8.55. The highest BCUT2D eigenvalue weighted by molar-refractivity contribution is 8.31. The minimum Gasteiger partial charge on any atom is -0.317 e. The monoisotopic (exact) mass is 274 g/mol. The lowest BCUT2D eigenvalue weighted by Crippen LogP contribution is -2.27. The molecule has 1 unspecified atom stereocenters. The second-order valence-electron chi connectivity index (χ2n) is 4.25. The van der Waals surface area contributed by atoms with E-state index in [1.807, 2.05) is 0 Å². The summed E-state index contributed by atoms with van der Waals surface area (Å²) in [5.41, 5.74) is 0.675. The first-order valence-electron chi connectivity index (χ1n) is 5.51. The van der Waals surface area contributed by atoms with Crippen LogP contribution in [0, 0.1) is 5.82 Å². The molecule has 0 spiro atoms. The molecule has 0 radical (unpaired) electrons. The Morgan fingerprint density at radius 1 is 1.41 bits per heavy atom. The van der Waals surface area contributed by atoms with Crippen molar-refractivity contribution in [1.29, 1.82) is 0 Å². The fourth-order valence-electron chi connectivity index (χ4n) is 2.15. The van der Waals surface area contributed by atoms with E-state index in [1.54, 1.807) is 12.1 Å². The van der Waals surface area contributed by atoms with Gasteiger partial charge in [-0.1, -0.05) is 6.07 Å². The number of rotatable bonds is 2. The number of hydrogen-bond donors (Lipinski definition) is 2. The Labute approximate surface area is 105 Å². The normalized spacial score (nSPS) is 21.1. The van der Waals surface area contributed by atoms with Crippen LogP contribution in [0.15, 0.2) is 23.1 Å². The number of hydrogen-bond acceptors (Lipinski definition) is 3. The van der Waals surface area contributed by atoms with Crippen LogP contribution in [0.25, 0.3) is 0 Å². The molecule has 0 aliphatic carbocycles. The predicted molar refractivity (Wildman–Crippen MR) is 69.2 cm³/mol. The Hall–Kier alpha value is -0.560. The molecular formula is C11H15FN2OS2. The first-order valence-corrected chi connectivity index (χ1v) is 8.06. The summed E-state index contributed by atoms with van der Waals surface area (Å²) in [5.74, 6) is -0.123. The molecule has 0 amide bonds. The van der Waals surface area contributed by atoms with Crippen molar-refractivity contribution in [1.82, 2.24) is 5.32 Å². The van der Waals surface area contributed by atoms with Gasteiger partial charge in [0.1, 0.15) is 14.5 Å². The van der Waals surface area contributed by atoms with Crippen LogP contribution < -0.4 is 10.5 Å². The van der Waals surface area contributed by atoms with Crippen LogP contribution in [-0.4, -0.2) is 17.3 Å². The summed E-state index contributed by atoms with van der Waals surface area (Å²) in [4.78, 5) is 0.197. The topological polar surface area (TPSA) is 55.1 Å². The fraction of sp³-hybridized carbons (Fsp3) is 0.455. The average Bonchev–Trinajstić information content (AvgIpc) is 2.29. The van der Waals surface area contributed by atoms with Gasteiger partial charge in [-0.3, -0.25) is 0 Å². The molecule has 1 aliphatic rings. The largest absolute Gasteiger partial charge is 0.317 e. The first kappa shape index (κ1) is 12.9. The van der Waals surface area contributed by atoms with Crippen LogP contribution >= 0.6 is 0 Å². The molecule has 0 aromatic heterocycles. The molecule has 2 rings (SSSR count). The number of piperidine rings is 1. The van der Waals surface area contributed by atoms with E-state index in [0.717, 1.165) is 25.9 Å².